The van der Waals surface area contributed by atoms with Crippen molar-refractivity contribution in [1.29, 1.82) is 0 Å². The van der Waals surface area contributed by atoms with Gasteiger partial charge in [-0.05, 0) is 6.26 Å². The minimum atomic E-state index is -0.196. The molecule has 0 saturated heterocycles. The lowest BCUT2D eigenvalue weighted by Gasteiger charge is -2.05. The van der Waals surface area contributed by atoms with Crippen LogP contribution in [0.1, 0.15) is 11.7 Å². The number of thioether (sulfide) groups is 1. The Kier molecular flexibility index (Phi) is 4.94. The second-order valence-electron chi connectivity index (χ2n) is 4.02. The number of carbonyl (C=O) groups excluding carboxylic acids is 1. The van der Waals surface area contributed by atoms with E-state index in [-0.39, 0.29) is 24.4 Å². The van der Waals surface area contributed by atoms with Gasteiger partial charge in [-0.1, -0.05) is 5.16 Å². The first-order chi connectivity index (χ1) is 9.67. The fraction of sp³-hybridized carbons (Fsp3) is 0.333. The fourth-order valence-corrected chi connectivity index (χ4v) is 1.87. The van der Waals surface area contributed by atoms with Gasteiger partial charge in [0.25, 0.3) is 0 Å². The SMILES string of the molecule is CSCc1noc(CNC(=O)Cn2ccc(=O)cc2)n1. The average molecular weight is 294 g/mol. The molecule has 2 rings (SSSR count). The molecular formula is C12H14N4O3S. The van der Waals surface area contributed by atoms with Crippen LogP contribution in [0.5, 0.6) is 0 Å². The molecule has 0 fully saturated rings. The zero-order valence-electron chi connectivity index (χ0n) is 10.9. The summed E-state index contributed by atoms with van der Waals surface area (Å²) in [5.41, 5.74) is -0.0890. The van der Waals surface area contributed by atoms with Gasteiger partial charge in [-0.15, -0.1) is 0 Å². The van der Waals surface area contributed by atoms with E-state index in [1.165, 1.54) is 12.1 Å². The molecule has 7 nitrogen and oxygen atoms in total. The van der Waals surface area contributed by atoms with E-state index in [9.17, 15) is 9.59 Å². The van der Waals surface area contributed by atoms with Gasteiger partial charge in [0.1, 0.15) is 6.54 Å². The van der Waals surface area contributed by atoms with Gasteiger partial charge in [0.2, 0.25) is 11.8 Å². The number of rotatable bonds is 6. The maximum absolute atomic E-state index is 11.7. The van der Waals surface area contributed by atoms with Crippen LogP contribution in [0, 0.1) is 0 Å². The van der Waals surface area contributed by atoms with E-state index in [4.69, 9.17) is 4.52 Å². The molecule has 2 heterocycles. The van der Waals surface area contributed by atoms with Crippen LogP contribution in [0.3, 0.4) is 0 Å². The summed E-state index contributed by atoms with van der Waals surface area (Å²) in [6, 6.07) is 2.81. The molecule has 0 spiro atoms. The molecule has 0 aromatic carbocycles. The predicted molar refractivity (Wildman–Crippen MR) is 74.1 cm³/mol. The molecule has 2 aromatic rings. The zero-order chi connectivity index (χ0) is 14.4. The van der Waals surface area contributed by atoms with E-state index in [0.717, 1.165) is 0 Å². The van der Waals surface area contributed by atoms with Crippen LogP contribution in [0.2, 0.25) is 0 Å². The molecule has 8 heteroatoms. The minimum Gasteiger partial charge on any atom is -0.345 e. The lowest BCUT2D eigenvalue weighted by molar-refractivity contribution is -0.121. The molecule has 20 heavy (non-hydrogen) atoms. The Morgan fingerprint density at radius 2 is 2.20 bits per heavy atom. The first-order valence-electron chi connectivity index (χ1n) is 5.90. The number of amides is 1. The molecule has 0 bridgehead atoms. The van der Waals surface area contributed by atoms with Gasteiger partial charge in [-0.2, -0.15) is 16.7 Å². The maximum Gasteiger partial charge on any atom is 0.246 e. The first kappa shape index (κ1) is 14.3. The van der Waals surface area contributed by atoms with Crippen molar-refractivity contribution < 1.29 is 9.32 Å². The van der Waals surface area contributed by atoms with Gasteiger partial charge < -0.3 is 14.4 Å². The summed E-state index contributed by atoms with van der Waals surface area (Å²) in [5.74, 6) is 1.47. The highest BCUT2D eigenvalue weighted by molar-refractivity contribution is 7.97. The number of hydrogen-bond donors (Lipinski definition) is 1. The van der Waals surface area contributed by atoms with Gasteiger partial charge in [0, 0.05) is 24.5 Å². The summed E-state index contributed by atoms with van der Waals surface area (Å²) >= 11 is 1.59. The van der Waals surface area contributed by atoms with Crippen LogP contribution in [-0.4, -0.2) is 26.9 Å². The Morgan fingerprint density at radius 1 is 1.45 bits per heavy atom. The second-order valence-corrected chi connectivity index (χ2v) is 4.89. The van der Waals surface area contributed by atoms with Gasteiger partial charge in [0.05, 0.1) is 12.3 Å². The van der Waals surface area contributed by atoms with Crippen LogP contribution < -0.4 is 10.7 Å². The number of hydrogen-bond acceptors (Lipinski definition) is 6. The van der Waals surface area contributed by atoms with Crippen LogP contribution in [-0.2, 0) is 23.6 Å². The number of carbonyl (C=O) groups is 1. The molecule has 0 atom stereocenters. The van der Waals surface area contributed by atoms with E-state index in [1.54, 1.807) is 28.7 Å². The Morgan fingerprint density at radius 3 is 2.90 bits per heavy atom. The van der Waals surface area contributed by atoms with Crippen molar-refractivity contribution in [2.75, 3.05) is 6.26 Å². The standard InChI is InChI=1S/C12H14N4O3S/c1-20-8-10-14-12(19-15-10)6-13-11(18)7-16-4-2-9(17)3-5-16/h2-5H,6-8H2,1H3,(H,13,18). The topological polar surface area (TPSA) is 90.0 Å². The molecule has 1 N–H and O–H groups in total. The molecule has 106 valence electrons. The van der Waals surface area contributed by atoms with E-state index in [1.807, 2.05) is 6.26 Å². The maximum atomic E-state index is 11.7. The van der Waals surface area contributed by atoms with Crippen LogP contribution in [0.4, 0.5) is 0 Å². The third-order valence-corrected chi connectivity index (χ3v) is 2.95. The lowest BCUT2D eigenvalue weighted by atomic mass is 10.4. The molecule has 0 saturated carbocycles. The largest absolute Gasteiger partial charge is 0.345 e. The van der Waals surface area contributed by atoms with E-state index < -0.39 is 0 Å². The molecular weight excluding hydrogens is 280 g/mol. The van der Waals surface area contributed by atoms with Gasteiger partial charge >= 0.3 is 0 Å². The van der Waals surface area contributed by atoms with Crippen molar-refractivity contribution in [3.05, 3.63) is 46.5 Å². The number of nitrogens with zero attached hydrogens (tertiary/aromatic N) is 3. The quantitative estimate of drug-likeness (QED) is 0.830. The summed E-state index contributed by atoms with van der Waals surface area (Å²) < 4.78 is 6.61. The zero-order valence-corrected chi connectivity index (χ0v) is 11.7. The van der Waals surface area contributed by atoms with Crippen molar-refractivity contribution in [3.63, 3.8) is 0 Å². The van der Waals surface area contributed by atoms with E-state index >= 15 is 0 Å². The normalized spacial score (nSPS) is 10.4. The van der Waals surface area contributed by atoms with Gasteiger partial charge in [-0.3, -0.25) is 9.59 Å². The van der Waals surface area contributed by atoms with Crippen LogP contribution in [0.25, 0.3) is 0 Å². The van der Waals surface area contributed by atoms with Crippen LogP contribution in [0.15, 0.2) is 33.8 Å². The number of pyridine rings is 1. The summed E-state index contributed by atoms with van der Waals surface area (Å²) in [5, 5.41) is 6.46. The molecule has 0 aliphatic rings. The van der Waals surface area contributed by atoms with Crippen molar-refractivity contribution >= 4 is 17.7 Å². The molecule has 1 amide bonds. The third kappa shape index (κ3) is 4.23. The fourth-order valence-electron chi connectivity index (χ4n) is 1.49. The summed E-state index contributed by atoms with van der Waals surface area (Å²) in [6.45, 7) is 0.326. The van der Waals surface area contributed by atoms with Crippen molar-refractivity contribution in [2.24, 2.45) is 0 Å². The van der Waals surface area contributed by atoms with Gasteiger partial charge in [0.15, 0.2) is 11.3 Å². The van der Waals surface area contributed by atoms with Crippen molar-refractivity contribution in [1.82, 2.24) is 20.0 Å². The van der Waals surface area contributed by atoms with Gasteiger partial charge in [-0.25, -0.2) is 0 Å². The number of nitrogens with one attached hydrogen (secondary N) is 1. The average Bonchev–Trinajstić information content (AvgIpc) is 2.87. The second kappa shape index (κ2) is 6.90. The Hall–Kier alpha value is -2.09. The third-order valence-electron chi connectivity index (χ3n) is 2.41. The van der Waals surface area contributed by atoms with Crippen molar-refractivity contribution in [2.45, 2.75) is 18.8 Å². The van der Waals surface area contributed by atoms with Crippen molar-refractivity contribution in [3.8, 4) is 0 Å². The smallest absolute Gasteiger partial charge is 0.246 e. The Bertz CT molecular complexity index is 617. The highest BCUT2D eigenvalue weighted by atomic mass is 32.2. The lowest BCUT2D eigenvalue weighted by Crippen LogP contribution is -2.27. The predicted octanol–water partition coefficient (Wildman–Crippen LogP) is 0.411. The molecule has 0 aliphatic heterocycles. The molecule has 0 unspecified atom stereocenters. The number of aromatic nitrogens is 3. The molecule has 0 aliphatic carbocycles. The Labute approximate surface area is 119 Å². The summed E-state index contributed by atoms with van der Waals surface area (Å²) in [4.78, 5) is 26.8. The first-order valence-corrected chi connectivity index (χ1v) is 7.30. The Balaban J connectivity index is 1.82. The highest BCUT2D eigenvalue weighted by Gasteiger charge is 2.07. The van der Waals surface area contributed by atoms with E-state index in [2.05, 4.69) is 15.5 Å². The summed E-state index contributed by atoms with van der Waals surface area (Å²) in [6.07, 6.45) is 5.07. The van der Waals surface area contributed by atoms with Crippen LogP contribution >= 0.6 is 11.8 Å². The monoisotopic (exact) mass is 294 g/mol. The minimum absolute atomic E-state index is 0.0890. The molecule has 2 aromatic heterocycles. The highest BCUT2D eigenvalue weighted by Crippen LogP contribution is 2.05. The molecule has 0 radical (unpaired) electrons. The van der Waals surface area contributed by atoms with E-state index in [0.29, 0.717) is 17.5 Å². The summed E-state index contributed by atoms with van der Waals surface area (Å²) in [7, 11) is 0.